The van der Waals surface area contributed by atoms with Crippen molar-refractivity contribution in [2.75, 3.05) is 13.1 Å². The normalized spacial score (nSPS) is 8.35. The van der Waals surface area contributed by atoms with Crippen LogP contribution in [0.2, 0.25) is 0 Å². The third-order valence-corrected chi connectivity index (χ3v) is 1.53. The van der Waals surface area contributed by atoms with Crippen LogP contribution in [0.5, 0.6) is 0 Å². The van der Waals surface area contributed by atoms with Gasteiger partial charge in [-0.05, 0) is 0 Å². The zero-order chi connectivity index (χ0) is 12.6. The number of benzene rings is 1. The van der Waals surface area contributed by atoms with E-state index in [-0.39, 0.29) is 30.6 Å². The SMILES string of the molecule is NCCN.O=C([O-])c1ccccc1C(=O)[O-].[Zn+2]. The van der Waals surface area contributed by atoms with Crippen LogP contribution >= 0.6 is 0 Å². The van der Waals surface area contributed by atoms with Gasteiger partial charge in [0, 0.05) is 24.2 Å². The third-order valence-electron chi connectivity index (χ3n) is 1.53. The minimum atomic E-state index is -1.52. The molecule has 7 heteroatoms. The maximum absolute atomic E-state index is 10.3. The number of carboxylic acid groups (broad SMARTS) is 2. The molecule has 0 aliphatic heterocycles. The summed E-state index contributed by atoms with van der Waals surface area (Å²) >= 11 is 0. The molecule has 0 saturated heterocycles. The van der Waals surface area contributed by atoms with E-state index in [4.69, 9.17) is 11.5 Å². The number of hydrogen-bond donors (Lipinski definition) is 2. The van der Waals surface area contributed by atoms with E-state index in [0.29, 0.717) is 13.1 Å². The molecule has 1 rings (SSSR count). The Labute approximate surface area is 111 Å². The molecule has 17 heavy (non-hydrogen) atoms. The Morgan fingerprint density at radius 3 is 1.41 bits per heavy atom. The fourth-order valence-electron chi connectivity index (χ4n) is 0.839. The van der Waals surface area contributed by atoms with Crippen LogP contribution in [0.25, 0.3) is 0 Å². The average Bonchev–Trinajstić information content (AvgIpc) is 2.29. The maximum atomic E-state index is 10.3. The first-order chi connectivity index (χ1) is 7.54. The van der Waals surface area contributed by atoms with Crippen LogP contribution in [-0.2, 0) is 19.5 Å². The van der Waals surface area contributed by atoms with Crippen molar-refractivity contribution in [3.63, 3.8) is 0 Å². The molecule has 0 spiro atoms. The summed E-state index contributed by atoms with van der Waals surface area (Å²) in [7, 11) is 0. The number of carbonyl (C=O) groups excluding carboxylic acids is 2. The quantitative estimate of drug-likeness (QED) is 0.583. The van der Waals surface area contributed by atoms with Gasteiger partial charge >= 0.3 is 19.5 Å². The standard InChI is InChI=1S/C8H6O4.C2H8N2.Zn/c9-7(10)5-3-1-2-4-6(5)8(11)12;3-1-2-4;/h1-4H,(H,9,10)(H,11,12);1-4H2;/q;;+2/p-2. The van der Waals surface area contributed by atoms with Crippen LogP contribution in [0.1, 0.15) is 20.7 Å². The Morgan fingerprint density at radius 2 is 1.24 bits per heavy atom. The Kier molecular flexibility index (Phi) is 10.5. The van der Waals surface area contributed by atoms with Gasteiger partial charge in [-0.2, -0.15) is 0 Å². The molecule has 0 aromatic heterocycles. The molecular weight excluding hydrogens is 278 g/mol. The summed E-state index contributed by atoms with van der Waals surface area (Å²) in [4.78, 5) is 20.6. The molecule has 0 aliphatic carbocycles. The van der Waals surface area contributed by atoms with Gasteiger partial charge in [0.25, 0.3) is 0 Å². The summed E-state index contributed by atoms with van der Waals surface area (Å²) in [5.41, 5.74) is 9.08. The average molecular weight is 290 g/mol. The molecule has 0 saturated carbocycles. The minimum Gasteiger partial charge on any atom is -0.545 e. The van der Waals surface area contributed by atoms with Crippen molar-refractivity contribution in [1.82, 2.24) is 0 Å². The minimum absolute atomic E-state index is 0. The maximum Gasteiger partial charge on any atom is 2.00 e. The van der Waals surface area contributed by atoms with E-state index in [2.05, 4.69) is 0 Å². The second-order valence-electron chi connectivity index (χ2n) is 2.70. The molecule has 0 bridgehead atoms. The van der Waals surface area contributed by atoms with Crippen molar-refractivity contribution < 1.29 is 39.3 Å². The summed E-state index contributed by atoms with van der Waals surface area (Å²) in [5.74, 6) is -3.04. The van der Waals surface area contributed by atoms with Gasteiger partial charge < -0.3 is 31.3 Å². The van der Waals surface area contributed by atoms with Gasteiger partial charge in [0.15, 0.2) is 0 Å². The van der Waals surface area contributed by atoms with Crippen molar-refractivity contribution in [3.8, 4) is 0 Å². The topological polar surface area (TPSA) is 132 Å². The van der Waals surface area contributed by atoms with Crippen molar-refractivity contribution >= 4 is 11.9 Å². The van der Waals surface area contributed by atoms with Gasteiger partial charge in [0.05, 0.1) is 11.9 Å². The van der Waals surface area contributed by atoms with Crippen molar-refractivity contribution in [2.24, 2.45) is 11.5 Å². The van der Waals surface area contributed by atoms with Gasteiger partial charge in [-0.15, -0.1) is 0 Å². The Balaban J connectivity index is 0. The summed E-state index contributed by atoms with van der Waals surface area (Å²) in [6.07, 6.45) is 0. The predicted octanol–water partition coefficient (Wildman–Crippen LogP) is -2.69. The summed E-state index contributed by atoms with van der Waals surface area (Å²) in [6, 6.07) is 5.14. The molecule has 0 amide bonds. The third kappa shape index (κ3) is 6.78. The molecule has 4 N–H and O–H groups in total. The van der Waals surface area contributed by atoms with E-state index in [1.54, 1.807) is 0 Å². The van der Waals surface area contributed by atoms with Gasteiger partial charge in [0.1, 0.15) is 0 Å². The number of nitrogens with two attached hydrogens (primary N) is 2. The van der Waals surface area contributed by atoms with Crippen molar-refractivity contribution in [1.29, 1.82) is 0 Å². The van der Waals surface area contributed by atoms with Crippen molar-refractivity contribution in [2.45, 2.75) is 0 Å². The zero-order valence-corrected chi connectivity index (χ0v) is 12.2. The number of hydrogen-bond acceptors (Lipinski definition) is 6. The first kappa shape index (κ1) is 18.1. The molecule has 0 atom stereocenters. The van der Waals surface area contributed by atoms with E-state index in [0.717, 1.165) is 12.1 Å². The largest absolute Gasteiger partial charge is 2.00 e. The van der Waals surface area contributed by atoms with Gasteiger partial charge in [-0.25, -0.2) is 0 Å². The molecule has 0 heterocycles. The summed E-state index contributed by atoms with van der Waals surface area (Å²) < 4.78 is 0. The molecule has 88 valence electrons. The summed E-state index contributed by atoms with van der Waals surface area (Å²) in [5, 5.41) is 20.6. The second kappa shape index (κ2) is 9.90. The number of carbonyl (C=O) groups is 2. The van der Waals surface area contributed by atoms with Crippen LogP contribution in [0.15, 0.2) is 24.3 Å². The van der Waals surface area contributed by atoms with E-state index in [1.807, 2.05) is 0 Å². The van der Waals surface area contributed by atoms with E-state index in [9.17, 15) is 19.8 Å². The summed E-state index contributed by atoms with van der Waals surface area (Å²) in [6.45, 7) is 1.19. The van der Waals surface area contributed by atoms with Crippen LogP contribution in [-0.4, -0.2) is 25.0 Å². The van der Waals surface area contributed by atoms with Crippen LogP contribution in [0, 0.1) is 0 Å². The zero-order valence-electron chi connectivity index (χ0n) is 9.22. The van der Waals surface area contributed by atoms with Gasteiger partial charge in [-0.3, -0.25) is 0 Å². The second-order valence-corrected chi connectivity index (χ2v) is 2.70. The smallest absolute Gasteiger partial charge is 0.545 e. The fourth-order valence-corrected chi connectivity index (χ4v) is 0.839. The monoisotopic (exact) mass is 288 g/mol. The fraction of sp³-hybridized carbons (Fsp3) is 0.200. The van der Waals surface area contributed by atoms with Crippen LogP contribution < -0.4 is 21.7 Å². The Bertz CT molecular complexity index is 336. The Hall–Kier alpha value is -1.30. The molecule has 1 aromatic rings. The molecule has 0 unspecified atom stereocenters. The number of carboxylic acids is 2. The van der Waals surface area contributed by atoms with Crippen LogP contribution in [0.4, 0.5) is 0 Å². The molecule has 0 radical (unpaired) electrons. The van der Waals surface area contributed by atoms with Gasteiger partial charge in [0.2, 0.25) is 0 Å². The molecule has 6 nitrogen and oxygen atoms in total. The molecule has 0 aliphatic rings. The van der Waals surface area contributed by atoms with E-state index in [1.165, 1.54) is 12.1 Å². The molecular formula is C10H12N2O4Zn. The van der Waals surface area contributed by atoms with E-state index >= 15 is 0 Å². The van der Waals surface area contributed by atoms with Gasteiger partial charge in [-0.1, -0.05) is 24.3 Å². The number of rotatable bonds is 3. The first-order valence-electron chi connectivity index (χ1n) is 4.46. The number of aromatic carboxylic acids is 2. The molecule has 0 fully saturated rings. The van der Waals surface area contributed by atoms with Crippen LogP contribution in [0.3, 0.4) is 0 Å². The van der Waals surface area contributed by atoms with E-state index < -0.39 is 11.9 Å². The Morgan fingerprint density at radius 1 is 0.941 bits per heavy atom. The predicted molar refractivity (Wildman–Crippen MR) is 53.2 cm³/mol. The van der Waals surface area contributed by atoms with Crippen molar-refractivity contribution in [3.05, 3.63) is 35.4 Å². The molecule has 1 aromatic carbocycles. The first-order valence-corrected chi connectivity index (χ1v) is 4.46.